The molecular weight excluding hydrogens is 286 g/mol. The van der Waals surface area contributed by atoms with Crippen molar-refractivity contribution in [3.05, 3.63) is 35.4 Å². The fourth-order valence-electron chi connectivity index (χ4n) is 2.95. The molecule has 2 aromatic rings. The zero-order chi connectivity index (χ0) is 15.7. The zero-order valence-corrected chi connectivity index (χ0v) is 12.9. The highest BCUT2D eigenvalue weighted by molar-refractivity contribution is 5.19. The zero-order valence-electron chi connectivity index (χ0n) is 12.9. The Bertz CT molecular complexity index is 656. The van der Waals surface area contributed by atoms with Crippen LogP contribution in [-0.2, 0) is 6.42 Å². The lowest BCUT2D eigenvalue weighted by molar-refractivity contribution is -0.0457. The molecule has 0 spiro atoms. The van der Waals surface area contributed by atoms with Gasteiger partial charge in [0.15, 0.2) is 0 Å². The molecule has 0 atom stereocenters. The molecule has 0 bridgehead atoms. The van der Waals surface area contributed by atoms with Gasteiger partial charge in [-0.15, -0.1) is 0 Å². The molecule has 22 heavy (non-hydrogen) atoms. The minimum atomic E-state index is -2.48. The minimum absolute atomic E-state index is 0.00700. The summed E-state index contributed by atoms with van der Waals surface area (Å²) in [5, 5.41) is 4.32. The number of halogens is 2. The normalized spacial score (nSPS) is 18.5. The van der Waals surface area contributed by atoms with Crippen LogP contribution in [-0.4, -0.2) is 25.7 Å². The Morgan fingerprint density at radius 1 is 1.18 bits per heavy atom. The fraction of sp³-hybridized carbons (Fsp3) is 0.562. The quantitative estimate of drug-likeness (QED) is 0.869. The number of aryl methyl sites for hydroxylation is 2. The van der Waals surface area contributed by atoms with E-state index in [0.29, 0.717) is 18.8 Å². The van der Waals surface area contributed by atoms with E-state index in [4.69, 9.17) is 0 Å². The summed E-state index contributed by atoms with van der Waals surface area (Å²) >= 11 is 0. The third-order valence-corrected chi connectivity index (χ3v) is 4.16. The molecule has 4 nitrogen and oxygen atoms in total. The van der Waals surface area contributed by atoms with E-state index in [9.17, 15) is 8.78 Å². The second-order valence-corrected chi connectivity index (χ2v) is 6.21. The second kappa shape index (κ2) is 5.74. The van der Waals surface area contributed by atoms with Gasteiger partial charge in [-0.05, 0) is 51.2 Å². The molecule has 2 heterocycles. The Hall–Kier alpha value is -1.85. The number of alkyl halides is 2. The Kier molecular flexibility index (Phi) is 3.93. The van der Waals surface area contributed by atoms with Crippen LogP contribution in [0.1, 0.15) is 42.8 Å². The first-order valence-electron chi connectivity index (χ1n) is 7.66. The molecule has 1 saturated carbocycles. The Morgan fingerprint density at radius 2 is 1.91 bits per heavy atom. The van der Waals surface area contributed by atoms with E-state index in [-0.39, 0.29) is 18.8 Å². The molecule has 0 aliphatic heterocycles. The Labute approximate surface area is 128 Å². The van der Waals surface area contributed by atoms with Gasteiger partial charge in [0.05, 0.1) is 5.69 Å². The van der Waals surface area contributed by atoms with E-state index < -0.39 is 5.92 Å². The predicted molar refractivity (Wildman–Crippen MR) is 79.2 cm³/mol. The monoisotopic (exact) mass is 306 g/mol. The molecule has 0 N–H and O–H groups in total. The smallest absolute Gasteiger partial charge is 0.216 e. The molecule has 1 fully saturated rings. The number of aromatic nitrogens is 4. The van der Waals surface area contributed by atoms with Gasteiger partial charge in [0.1, 0.15) is 0 Å². The maximum absolute atomic E-state index is 13.2. The summed E-state index contributed by atoms with van der Waals surface area (Å²) in [6.07, 6.45) is 3.67. The highest BCUT2D eigenvalue weighted by Crippen LogP contribution is 2.37. The average Bonchev–Trinajstić information content (AvgIpc) is 2.87. The number of hydrogen-bond donors (Lipinski definition) is 0. The van der Waals surface area contributed by atoms with Crippen molar-refractivity contribution in [2.24, 2.45) is 5.92 Å². The lowest BCUT2D eigenvalue weighted by atomic mass is 9.84. The molecule has 118 valence electrons. The summed E-state index contributed by atoms with van der Waals surface area (Å²) in [6, 6.07) is 3.83. The van der Waals surface area contributed by atoms with E-state index in [1.54, 1.807) is 4.68 Å². The molecule has 1 aliphatic rings. The molecule has 2 aromatic heterocycles. The average molecular weight is 306 g/mol. The predicted octanol–water partition coefficient (Wildman–Crippen LogP) is 3.65. The van der Waals surface area contributed by atoms with E-state index in [1.807, 2.05) is 32.2 Å². The summed E-state index contributed by atoms with van der Waals surface area (Å²) in [5.41, 5.74) is 2.68. The summed E-state index contributed by atoms with van der Waals surface area (Å²) in [4.78, 5) is 8.95. The lowest BCUT2D eigenvalue weighted by Crippen LogP contribution is -2.25. The van der Waals surface area contributed by atoms with Crippen LogP contribution in [0.3, 0.4) is 0 Å². The third-order valence-electron chi connectivity index (χ3n) is 4.16. The van der Waals surface area contributed by atoms with Crippen molar-refractivity contribution in [2.45, 2.75) is 51.9 Å². The largest absolute Gasteiger partial charge is 0.250 e. The Morgan fingerprint density at radius 3 is 2.55 bits per heavy atom. The minimum Gasteiger partial charge on any atom is -0.216 e. The van der Waals surface area contributed by atoms with Crippen LogP contribution >= 0.6 is 0 Å². The topological polar surface area (TPSA) is 43.6 Å². The number of hydrogen-bond acceptors (Lipinski definition) is 3. The lowest BCUT2D eigenvalue weighted by Gasteiger charge is -2.28. The molecule has 0 aromatic carbocycles. The molecule has 0 amide bonds. The van der Waals surface area contributed by atoms with Gasteiger partial charge >= 0.3 is 0 Å². The molecule has 0 unspecified atom stereocenters. The van der Waals surface area contributed by atoms with E-state index >= 15 is 0 Å². The van der Waals surface area contributed by atoms with Crippen LogP contribution < -0.4 is 0 Å². The van der Waals surface area contributed by atoms with Gasteiger partial charge in [-0.3, -0.25) is 0 Å². The van der Waals surface area contributed by atoms with Gasteiger partial charge in [-0.25, -0.2) is 23.4 Å². The van der Waals surface area contributed by atoms with Crippen LogP contribution in [0.5, 0.6) is 0 Å². The summed E-state index contributed by atoms with van der Waals surface area (Å²) in [7, 11) is 0. The van der Waals surface area contributed by atoms with Crippen molar-refractivity contribution in [1.82, 2.24) is 19.7 Å². The summed E-state index contributed by atoms with van der Waals surface area (Å²) in [6.45, 7) is 3.83. The standard InChI is InChI=1S/C16H20F2N4/c1-11-5-8-22(21-11)15-19-12(2)9-14(20-15)10-13-3-6-16(17,18)7-4-13/h5,8-9,13H,3-4,6-7,10H2,1-2H3. The molecule has 1 aliphatic carbocycles. The molecular formula is C16H20F2N4. The van der Waals surface area contributed by atoms with Gasteiger partial charge in [0.25, 0.3) is 5.95 Å². The van der Waals surface area contributed by atoms with Gasteiger partial charge in [-0.2, -0.15) is 5.10 Å². The molecule has 0 saturated heterocycles. The van der Waals surface area contributed by atoms with Crippen molar-refractivity contribution in [1.29, 1.82) is 0 Å². The molecule has 0 radical (unpaired) electrons. The van der Waals surface area contributed by atoms with Gasteiger partial charge in [0, 0.05) is 30.4 Å². The van der Waals surface area contributed by atoms with E-state index in [1.165, 1.54) is 0 Å². The molecule has 6 heteroatoms. The van der Waals surface area contributed by atoms with Crippen LogP contribution in [0.2, 0.25) is 0 Å². The Balaban J connectivity index is 1.76. The highest BCUT2D eigenvalue weighted by Gasteiger charge is 2.34. The first-order chi connectivity index (χ1) is 10.4. The molecule has 3 rings (SSSR count). The fourth-order valence-corrected chi connectivity index (χ4v) is 2.95. The number of rotatable bonds is 3. The number of nitrogens with zero attached hydrogens (tertiary/aromatic N) is 4. The van der Waals surface area contributed by atoms with Crippen molar-refractivity contribution in [3.63, 3.8) is 0 Å². The summed E-state index contributed by atoms with van der Waals surface area (Å²) in [5.74, 6) is -1.65. The van der Waals surface area contributed by atoms with E-state index in [2.05, 4.69) is 15.1 Å². The van der Waals surface area contributed by atoms with Crippen molar-refractivity contribution in [3.8, 4) is 5.95 Å². The first kappa shape index (κ1) is 15.1. The van der Waals surface area contributed by atoms with Crippen LogP contribution in [0.25, 0.3) is 5.95 Å². The van der Waals surface area contributed by atoms with Crippen molar-refractivity contribution >= 4 is 0 Å². The maximum Gasteiger partial charge on any atom is 0.250 e. The second-order valence-electron chi connectivity index (χ2n) is 6.21. The van der Waals surface area contributed by atoms with Crippen LogP contribution in [0, 0.1) is 19.8 Å². The van der Waals surface area contributed by atoms with Crippen LogP contribution in [0.4, 0.5) is 8.78 Å². The van der Waals surface area contributed by atoms with Gasteiger partial charge < -0.3 is 0 Å². The van der Waals surface area contributed by atoms with Gasteiger partial charge in [-0.1, -0.05) is 0 Å². The SMILES string of the molecule is Cc1cc(CC2CCC(F)(F)CC2)nc(-n2ccc(C)n2)n1. The maximum atomic E-state index is 13.2. The van der Waals surface area contributed by atoms with E-state index in [0.717, 1.165) is 23.5 Å². The third kappa shape index (κ3) is 3.48. The summed E-state index contributed by atoms with van der Waals surface area (Å²) < 4.78 is 28.1. The van der Waals surface area contributed by atoms with Crippen molar-refractivity contribution in [2.75, 3.05) is 0 Å². The van der Waals surface area contributed by atoms with Crippen LogP contribution in [0.15, 0.2) is 18.3 Å². The first-order valence-corrected chi connectivity index (χ1v) is 7.66. The highest BCUT2D eigenvalue weighted by atomic mass is 19.3. The van der Waals surface area contributed by atoms with Crippen molar-refractivity contribution < 1.29 is 8.78 Å². The van der Waals surface area contributed by atoms with Gasteiger partial charge in [0.2, 0.25) is 5.92 Å².